The molecule has 0 radical (unpaired) electrons. The van der Waals surface area contributed by atoms with Crippen LogP contribution in [-0.2, 0) is 19.1 Å². The molecule has 1 aromatic carbocycles. The van der Waals surface area contributed by atoms with Gasteiger partial charge in [-0.1, -0.05) is 12.1 Å². The van der Waals surface area contributed by atoms with Crippen LogP contribution in [0.2, 0.25) is 0 Å². The van der Waals surface area contributed by atoms with E-state index in [-0.39, 0.29) is 0 Å². The van der Waals surface area contributed by atoms with Gasteiger partial charge in [-0.3, -0.25) is 4.99 Å². The van der Waals surface area contributed by atoms with Gasteiger partial charge in [0, 0.05) is 36.8 Å². The standard InChI is InChI=1S/C16H19F3N4S2/c1-20-15(22-9-11-3-5-12(24-2)6-4-11)21-8-7-14-23-13(10-25-14)16(17,18)19/h3-6,10H,7-9H2,1-2H3,(H2,20,21,22). The minimum Gasteiger partial charge on any atom is -0.356 e. The number of nitrogens with one attached hydrogen (secondary N) is 2. The van der Waals surface area contributed by atoms with E-state index in [1.165, 1.54) is 4.90 Å². The summed E-state index contributed by atoms with van der Waals surface area (Å²) in [5.74, 6) is 0.599. The number of thioether (sulfide) groups is 1. The van der Waals surface area contributed by atoms with Crippen LogP contribution < -0.4 is 10.6 Å². The fraction of sp³-hybridized carbons (Fsp3) is 0.375. The zero-order valence-corrected chi connectivity index (χ0v) is 15.5. The Balaban J connectivity index is 1.77. The fourth-order valence-corrected chi connectivity index (χ4v) is 3.21. The molecule has 0 amide bonds. The second-order valence-corrected chi connectivity index (χ2v) is 6.90. The van der Waals surface area contributed by atoms with Crippen molar-refractivity contribution >= 4 is 29.1 Å². The molecule has 0 saturated carbocycles. The van der Waals surface area contributed by atoms with Crippen molar-refractivity contribution in [1.82, 2.24) is 15.6 Å². The minimum atomic E-state index is -4.38. The van der Waals surface area contributed by atoms with Gasteiger partial charge >= 0.3 is 6.18 Å². The van der Waals surface area contributed by atoms with E-state index in [0.29, 0.717) is 30.5 Å². The second-order valence-electron chi connectivity index (χ2n) is 5.07. The zero-order valence-electron chi connectivity index (χ0n) is 13.9. The van der Waals surface area contributed by atoms with Gasteiger partial charge in [0.05, 0.1) is 5.01 Å². The maximum Gasteiger partial charge on any atom is 0.434 e. The number of aliphatic imine (C=N–C) groups is 1. The Kier molecular flexibility index (Phi) is 7.12. The number of thiazole rings is 1. The third-order valence-corrected chi connectivity index (χ3v) is 4.97. The molecule has 0 atom stereocenters. The SMILES string of the molecule is CN=C(NCCc1nc(C(F)(F)F)cs1)NCc1ccc(SC)cc1. The van der Waals surface area contributed by atoms with Crippen LogP contribution in [-0.4, -0.2) is 30.8 Å². The molecule has 25 heavy (non-hydrogen) atoms. The molecular formula is C16H19F3N4S2. The molecule has 0 aliphatic carbocycles. The first-order valence-corrected chi connectivity index (χ1v) is 9.62. The van der Waals surface area contributed by atoms with Crippen LogP contribution in [0.15, 0.2) is 39.5 Å². The van der Waals surface area contributed by atoms with Crippen molar-refractivity contribution in [3.63, 3.8) is 0 Å². The summed E-state index contributed by atoms with van der Waals surface area (Å²) in [6, 6.07) is 8.19. The summed E-state index contributed by atoms with van der Waals surface area (Å²) in [6.07, 6.45) is -1.95. The quantitative estimate of drug-likeness (QED) is 0.449. The fourth-order valence-electron chi connectivity index (χ4n) is 1.99. The molecule has 0 spiro atoms. The maximum atomic E-state index is 12.5. The summed E-state index contributed by atoms with van der Waals surface area (Å²) in [4.78, 5) is 8.91. The topological polar surface area (TPSA) is 49.3 Å². The van der Waals surface area contributed by atoms with E-state index in [1.807, 2.05) is 18.4 Å². The van der Waals surface area contributed by atoms with Gasteiger partial charge in [0.1, 0.15) is 0 Å². The number of benzene rings is 1. The summed E-state index contributed by atoms with van der Waals surface area (Å²) < 4.78 is 37.5. The van der Waals surface area contributed by atoms with Crippen molar-refractivity contribution in [3.05, 3.63) is 45.9 Å². The molecule has 2 aromatic rings. The number of alkyl halides is 3. The van der Waals surface area contributed by atoms with Crippen LogP contribution >= 0.6 is 23.1 Å². The summed E-state index contributed by atoms with van der Waals surface area (Å²) in [5.41, 5.74) is 0.291. The van der Waals surface area contributed by atoms with Gasteiger partial charge in [0.25, 0.3) is 0 Å². The first kappa shape index (κ1) is 19.6. The van der Waals surface area contributed by atoms with Crippen LogP contribution in [0.25, 0.3) is 0 Å². The number of halogens is 3. The number of aromatic nitrogens is 1. The predicted octanol–water partition coefficient (Wildman–Crippen LogP) is 3.79. The number of guanidine groups is 1. The van der Waals surface area contributed by atoms with E-state index in [9.17, 15) is 13.2 Å². The van der Waals surface area contributed by atoms with Gasteiger partial charge in [0.15, 0.2) is 11.7 Å². The lowest BCUT2D eigenvalue weighted by molar-refractivity contribution is -0.140. The van der Waals surface area contributed by atoms with Crippen molar-refractivity contribution < 1.29 is 13.2 Å². The van der Waals surface area contributed by atoms with Crippen LogP contribution in [0.5, 0.6) is 0 Å². The van der Waals surface area contributed by atoms with Crippen LogP contribution in [0.1, 0.15) is 16.3 Å². The van der Waals surface area contributed by atoms with Crippen molar-refractivity contribution in [2.24, 2.45) is 4.99 Å². The highest BCUT2D eigenvalue weighted by Crippen LogP contribution is 2.29. The summed E-state index contributed by atoms with van der Waals surface area (Å²) >= 11 is 2.70. The van der Waals surface area contributed by atoms with Gasteiger partial charge in [-0.05, 0) is 24.0 Å². The summed E-state index contributed by atoms with van der Waals surface area (Å²) in [7, 11) is 1.65. The van der Waals surface area contributed by atoms with Crippen molar-refractivity contribution in [2.75, 3.05) is 19.8 Å². The lowest BCUT2D eigenvalue weighted by atomic mass is 10.2. The van der Waals surface area contributed by atoms with E-state index >= 15 is 0 Å². The van der Waals surface area contributed by atoms with Crippen LogP contribution in [0.4, 0.5) is 13.2 Å². The summed E-state index contributed by atoms with van der Waals surface area (Å²) in [5, 5.41) is 7.74. The van der Waals surface area contributed by atoms with Crippen LogP contribution in [0, 0.1) is 0 Å². The average molecular weight is 388 g/mol. The van der Waals surface area contributed by atoms with E-state index < -0.39 is 11.9 Å². The average Bonchev–Trinajstić information content (AvgIpc) is 3.07. The zero-order chi connectivity index (χ0) is 18.3. The predicted molar refractivity (Wildman–Crippen MR) is 97.2 cm³/mol. The normalized spacial score (nSPS) is 12.3. The molecular weight excluding hydrogens is 369 g/mol. The van der Waals surface area contributed by atoms with Crippen molar-refractivity contribution in [1.29, 1.82) is 0 Å². The molecule has 9 heteroatoms. The smallest absolute Gasteiger partial charge is 0.356 e. The first-order valence-electron chi connectivity index (χ1n) is 7.51. The Hall–Kier alpha value is -1.74. The second kappa shape index (κ2) is 9.10. The summed E-state index contributed by atoms with van der Waals surface area (Å²) in [6.45, 7) is 1.07. The molecule has 0 fully saturated rings. The Bertz CT molecular complexity index is 696. The maximum absolute atomic E-state index is 12.5. The molecule has 0 bridgehead atoms. The molecule has 2 rings (SSSR count). The molecule has 1 heterocycles. The Labute approximate surface area is 153 Å². The van der Waals surface area contributed by atoms with Gasteiger partial charge in [-0.2, -0.15) is 13.2 Å². The van der Waals surface area contributed by atoms with Crippen molar-refractivity contribution in [3.8, 4) is 0 Å². The number of hydrogen-bond acceptors (Lipinski definition) is 4. The molecule has 4 nitrogen and oxygen atoms in total. The number of hydrogen-bond donors (Lipinski definition) is 2. The number of nitrogens with zero attached hydrogens (tertiary/aromatic N) is 2. The largest absolute Gasteiger partial charge is 0.434 e. The Morgan fingerprint density at radius 3 is 2.52 bits per heavy atom. The Morgan fingerprint density at radius 1 is 1.24 bits per heavy atom. The van der Waals surface area contributed by atoms with E-state index in [4.69, 9.17) is 0 Å². The minimum absolute atomic E-state index is 0.407. The molecule has 2 N–H and O–H groups in total. The molecule has 0 aliphatic rings. The highest BCUT2D eigenvalue weighted by molar-refractivity contribution is 7.98. The van der Waals surface area contributed by atoms with Crippen LogP contribution in [0.3, 0.4) is 0 Å². The third-order valence-electron chi connectivity index (χ3n) is 3.32. The van der Waals surface area contributed by atoms with Gasteiger partial charge in [0.2, 0.25) is 0 Å². The van der Waals surface area contributed by atoms with E-state index in [1.54, 1.807) is 18.8 Å². The lowest BCUT2D eigenvalue weighted by Crippen LogP contribution is -2.37. The monoisotopic (exact) mass is 388 g/mol. The molecule has 0 saturated heterocycles. The number of rotatable bonds is 6. The third kappa shape index (κ3) is 6.24. The highest BCUT2D eigenvalue weighted by Gasteiger charge is 2.33. The van der Waals surface area contributed by atoms with Gasteiger partial charge in [-0.25, -0.2) is 4.98 Å². The Morgan fingerprint density at radius 2 is 1.96 bits per heavy atom. The van der Waals surface area contributed by atoms with E-state index in [0.717, 1.165) is 22.3 Å². The highest BCUT2D eigenvalue weighted by atomic mass is 32.2. The van der Waals surface area contributed by atoms with E-state index in [2.05, 4.69) is 32.7 Å². The molecule has 136 valence electrons. The lowest BCUT2D eigenvalue weighted by Gasteiger charge is -2.11. The first-order chi connectivity index (χ1) is 11.9. The van der Waals surface area contributed by atoms with Crippen molar-refractivity contribution in [2.45, 2.75) is 24.0 Å². The van der Waals surface area contributed by atoms with Gasteiger partial charge < -0.3 is 10.6 Å². The van der Waals surface area contributed by atoms with Gasteiger partial charge in [-0.15, -0.1) is 23.1 Å². The molecule has 0 unspecified atom stereocenters. The molecule has 0 aliphatic heterocycles. The molecule has 1 aromatic heterocycles.